The average molecular weight is 372 g/mol. The van der Waals surface area contributed by atoms with Crippen molar-refractivity contribution in [3.05, 3.63) is 34.3 Å². The van der Waals surface area contributed by atoms with Gasteiger partial charge in [-0.05, 0) is 17.7 Å². The summed E-state index contributed by atoms with van der Waals surface area (Å²) in [6.45, 7) is 0. The molecule has 0 heterocycles. The maximum atomic E-state index is 11.8. The van der Waals surface area contributed by atoms with Gasteiger partial charge >= 0.3 is 11.9 Å². The fourth-order valence-electron chi connectivity index (χ4n) is 1.78. The van der Waals surface area contributed by atoms with Crippen LogP contribution < -0.4 is 5.32 Å². The van der Waals surface area contributed by atoms with Gasteiger partial charge in [-0.25, -0.2) is 4.79 Å². The van der Waals surface area contributed by atoms with Crippen molar-refractivity contribution < 1.29 is 23.9 Å². The van der Waals surface area contributed by atoms with Crippen LogP contribution in [0.25, 0.3) is 0 Å². The molecule has 0 fully saturated rings. The van der Waals surface area contributed by atoms with E-state index in [1.807, 2.05) is 24.3 Å². The molecule has 0 bridgehead atoms. The third-order valence-corrected chi connectivity index (χ3v) is 3.49. The molecule has 0 saturated carbocycles. The lowest BCUT2D eigenvalue weighted by Crippen LogP contribution is -2.43. The number of methoxy groups -OCH3 is 2. The fraction of sp³-hybridized carbons (Fsp3) is 0.400. The van der Waals surface area contributed by atoms with Gasteiger partial charge in [0.05, 0.1) is 20.6 Å². The van der Waals surface area contributed by atoms with Gasteiger partial charge in [0.2, 0.25) is 5.91 Å². The van der Waals surface area contributed by atoms with Gasteiger partial charge in [-0.2, -0.15) is 0 Å². The van der Waals surface area contributed by atoms with Crippen LogP contribution in [-0.4, -0.2) is 38.1 Å². The number of halogens is 1. The molecule has 1 amide bonds. The summed E-state index contributed by atoms with van der Waals surface area (Å²) in [5.74, 6) is -1.41. The minimum Gasteiger partial charge on any atom is -0.469 e. The zero-order valence-electron chi connectivity index (χ0n) is 12.4. The van der Waals surface area contributed by atoms with Gasteiger partial charge in [0.25, 0.3) is 0 Å². The largest absolute Gasteiger partial charge is 0.469 e. The van der Waals surface area contributed by atoms with Gasteiger partial charge in [0.15, 0.2) is 0 Å². The fourth-order valence-corrected chi connectivity index (χ4v) is 2.04. The van der Waals surface area contributed by atoms with Crippen LogP contribution in [-0.2, 0) is 30.3 Å². The average Bonchev–Trinajstić information content (AvgIpc) is 2.53. The van der Waals surface area contributed by atoms with E-state index in [1.165, 1.54) is 14.2 Å². The maximum Gasteiger partial charge on any atom is 0.328 e. The normalized spacial score (nSPS) is 11.4. The topological polar surface area (TPSA) is 81.7 Å². The summed E-state index contributed by atoms with van der Waals surface area (Å²) < 4.78 is 10.1. The van der Waals surface area contributed by atoms with Gasteiger partial charge in [-0.3, -0.25) is 9.59 Å². The number of nitrogens with one attached hydrogen (secondary N) is 1. The smallest absolute Gasteiger partial charge is 0.328 e. The number of amides is 1. The van der Waals surface area contributed by atoms with Crippen LogP contribution in [0.1, 0.15) is 18.4 Å². The highest BCUT2D eigenvalue weighted by Gasteiger charge is 2.22. The molecule has 1 rings (SSSR count). The third kappa shape index (κ3) is 6.26. The van der Waals surface area contributed by atoms with Crippen LogP contribution in [0, 0.1) is 0 Å². The van der Waals surface area contributed by atoms with E-state index in [1.54, 1.807) is 0 Å². The molecule has 0 aromatic heterocycles. The first-order valence-electron chi connectivity index (χ1n) is 6.64. The standard InChI is InChI=1S/C15H18BrNO5/c1-21-14(19)8-7-13(18)17-12(15(20)22-2)9-10-3-5-11(16)6-4-10/h3-6,12H,7-9H2,1-2H3,(H,17,18)/t12-/m0/s1. The number of benzene rings is 1. The highest BCUT2D eigenvalue weighted by Crippen LogP contribution is 2.12. The van der Waals surface area contributed by atoms with E-state index in [0.29, 0.717) is 6.42 Å². The zero-order valence-corrected chi connectivity index (χ0v) is 14.0. The summed E-state index contributed by atoms with van der Waals surface area (Å²) in [4.78, 5) is 34.6. The number of carbonyl (C=O) groups excluding carboxylic acids is 3. The molecule has 0 spiro atoms. The summed E-state index contributed by atoms with van der Waals surface area (Å²) in [6.07, 6.45) is 0.235. The van der Waals surface area contributed by atoms with E-state index in [-0.39, 0.29) is 12.8 Å². The number of esters is 2. The molecular formula is C15H18BrNO5. The quantitative estimate of drug-likeness (QED) is 0.736. The number of hydrogen-bond donors (Lipinski definition) is 1. The van der Waals surface area contributed by atoms with Crippen molar-refractivity contribution in [3.63, 3.8) is 0 Å². The van der Waals surface area contributed by atoms with E-state index in [0.717, 1.165) is 10.0 Å². The van der Waals surface area contributed by atoms with Crippen molar-refractivity contribution in [3.8, 4) is 0 Å². The molecule has 22 heavy (non-hydrogen) atoms. The van der Waals surface area contributed by atoms with Crippen LogP contribution >= 0.6 is 15.9 Å². The lowest BCUT2D eigenvalue weighted by molar-refractivity contribution is -0.145. The van der Waals surface area contributed by atoms with Gasteiger partial charge in [0.1, 0.15) is 6.04 Å². The van der Waals surface area contributed by atoms with Crippen LogP contribution in [0.2, 0.25) is 0 Å². The Kier molecular flexibility index (Phi) is 7.59. The monoisotopic (exact) mass is 371 g/mol. The molecular weight excluding hydrogens is 354 g/mol. The Morgan fingerprint density at radius 2 is 1.73 bits per heavy atom. The lowest BCUT2D eigenvalue weighted by Gasteiger charge is -2.16. The van der Waals surface area contributed by atoms with Gasteiger partial charge in [-0.1, -0.05) is 28.1 Å². The maximum absolute atomic E-state index is 11.8. The van der Waals surface area contributed by atoms with Crippen LogP contribution in [0.15, 0.2) is 28.7 Å². The first kappa shape index (κ1) is 18.2. The van der Waals surface area contributed by atoms with E-state index < -0.39 is 23.9 Å². The highest BCUT2D eigenvalue weighted by molar-refractivity contribution is 9.10. The number of rotatable bonds is 7. The van der Waals surface area contributed by atoms with Crippen LogP contribution in [0.4, 0.5) is 0 Å². The highest BCUT2D eigenvalue weighted by atomic mass is 79.9. The number of hydrogen-bond acceptors (Lipinski definition) is 5. The minimum atomic E-state index is -0.795. The second kappa shape index (κ2) is 9.19. The third-order valence-electron chi connectivity index (χ3n) is 2.96. The Labute approximate surface area is 137 Å². The molecule has 1 atom stereocenters. The van der Waals surface area contributed by atoms with Crippen molar-refractivity contribution in [1.29, 1.82) is 0 Å². The van der Waals surface area contributed by atoms with Gasteiger partial charge < -0.3 is 14.8 Å². The minimum absolute atomic E-state index is 0.0332. The molecule has 0 aliphatic heterocycles. The number of carbonyl (C=O) groups is 3. The van der Waals surface area contributed by atoms with E-state index >= 15 is 0 Å². The Balaban J connectivity index is 2.64. The number of ether oxygens (including phenoxy) is 2. The summed E-state index contributed by atoms with van der Waals surface area (Å²) in [5.41, 5.74) is 0.881. The Hall–Kier alpha value is -1.89. The summed E-state index contributed by atoms with van der Waals surface area (Å²) in [7, 11) is 2.52. The SMILES string of the molecule is COC(=O)CCC(=O)N[C@@H](Cc1ccc(Br)cc1)C(=O)OC. The molecule has 1 N–H and O–H groups in total. The van der Waals surface area contributed by atoms with Crippen LogP contribution in [0.5, 0.6) is 0 Å². The zero-order chi connectivity index (χ0) is 16.5. The second-order valence-corrected chi connectivity index (χ2v) is 5.47. The Morgan fingerprint density at radius 3 is 2.27 bits per heavy atom. The predicted molar refractivity (Wildman–Crippen MR) is 83.0 cm³/mol. The second-order valence-electron chi connectivity index (χ2n) is 4.55. The molecule has 1 aromatic carbocycles. The molecule has 1 aromatic rings. The molecule has 6 nitrogen and oxygen atoms in total. The van der Waals surface area contributed by atoms with Crippen molar-refractivity contribution >= 4 is 33.8 Å². The van der Waals surface area contributed by atoms with Crippen LogP contribution in [0.3, 0.4) is 0 Å². The Bertz CT molecular complexity index is 529. The molecule has 0 saturated heterocycles. The first-order chi connectivity index (χ1) is 10.5. The van der Waals surface area contributed by atoms with E-state index in [4.69, 9.17) is 4.74 Å². The molecule has 0 unspecified atom stereocenters. The summed E-state index contributed by atoms with van der Waals surface area (Å²) >= 11 is 3.33. The van der Waals surface area contributed by atoms with Gasteiger partial charge in [-0.15, -0.1) is 0 Å². The molecule has 7 heteroatoms. The van der Waals surface area contributed by atoms with Crippen molar-refractivity contribution in [2.75, 3.05) is 14.2 Å². The molecule has 0 aliphatic carbocycles. The Morgan fingerprint density at radius 1 is 1.09 bits per heavy atom. The first-order valence-corrected chi connectivity index (χ1v) is 7.44. The van der Waals surface area contributed by atoms with Crippen molar-refractivity contribution in [2.45, 2.75) is 25.3 Å². The molecule has 0 aliphatic rings. The molecule has 0 radical (unpaired) electrons. The molecule has 120 valence electrons. The van der Waals surface area contributed by atoms with E-state index in [9.17, 15) is 14.4 Å². The van der Waals surface area contributed by atoms with E-state index in [2.05, 4.69) is 26.0 Å². The lowest BCUT2D eigenvalue weighted by atomic mass is 10.1. The van der Waals surface area contributed by atoms with Crippen molar-refractivity contribution in [2.24, 2.45) is 0 Å². The summed E-state index contributed by atoms with van der Waals surface area (Å²) in [5, 5.41) is 2.58. The predicted octanol–water partition coefficient (Wildman–Crippen LogP) is 1.60. The van der Waals surface area contributed by atoms with Crippen molar-refractivity contribution in [1.82, 2.24) is 5.32 Å². The summed E-state index contributed by atoms with van der Waals surface area (Å²) in [6, 6.07) is 6.60. The van der Waals surface area contributed by atoms with Gasteiger partial charge in [0, 0.05) is 17.3 Å².